The summed E-state index contributed by atoms with van der Waals surface area (Å²) in [4.78, 5) is 11.5. The first-order valence-corrected chi connectivity index (χ1v) is 7.25. The third-order valence-corrected chi connectivity index (χ3v) is 3.23. The zero-order valence-corrected chi connectivity index (χ0v) is 11.6. The molecule has 0 saturated carbocycles. The summed E-state index contributed by atoms with van der Waals surface area (Å²) in [5, 5.41) is 2.84. The number of hydrogen-bond donors (Lipinski definition) is 2. The average Bonchev–Trinajstić information content (AvgIpc) is 2.34. The van der Waals surface area contributed by atoms with Gasteiger partial charge in [0, 0.05) is 18.3 Å². The van der Waals surface area contributed by atoms with E-state index in [1.165, 1.54) is 0 Å². The smallest absolute Gasteiger partial charge is 0.257 e. The molecular formula is C13H20N2O2S. The number of nitrogen functional groups attached to an aromatic ring is 1. The van der Waals surface area contributed by atoms with Crippen molar-refractivity contribution >= 4 is 23.4 Å². The van der Waals surface area contributed by atoms with Gasteiger partial charge in [-0.05, 0) is 30.1 Å². The number of nitrogens with two attached hydrogens (primary N) is 1. The molecule has 3 N–H and O–H groups in total. The van der Waals surface area contributed by atoms with Gasteiger partial charge in [0.15, 0.2) is 6.61 Å². The van der Waals surface area contributed by atoms with Crippen molar-refractivity contribution in [3.8, 4) is 5.75 Å². The monoisotopic (exact) mass is 268 g/mol. The average molecular weight is 268 g/mol. The van der Waals surface area contributed by atoms with Crippen LogP contribution in [0.25, 0.3) is 0 Å². The number of nitrogens with one attached hydrogen (secondary N) is 1. The van der Waals surface area contributed by atoms with Crippen molar-refractivity contribution in [1.82, 2.24) is 5.32 Å². The minimum atomic E-state index is -0.106. The number of anilines is 1. The minimum Gasteiger partial charge on any atom is -0.484 e. The van der Waals surface area contributed by atoms with Gasteiger partial charge < -0.3 is 15.8 Å². The molecular weight excluding hydrogens is 248 g/mol. The summed E-state index contributed by atoms with van der Waals surface area (Å²) < 4.78 is 5.34. The van der Waals surface area contributed by atoms with Gasteiger partial charge in [0.2, 0.25) is 0 Å². The lowest BCUT2D eigenvalue weighted by molar-refractivity contribution is -0.123. The van der Waals surface area contributed by atoms with Crippen LogP contribution in [0.2, 0.25) is 0 Å². The molecule has 0 aliphatic rings. The molecule has 0 radical (unpaired) electrons. The van der Waals surface area contributed by atoms with Crippen molar-refractivity contribution in [3.63, 3.8) is 0 Å². The second kappa shape index (κ2) is 7.87. The van der Waals surface area contributed by atoms with Gasteiger partial charge in [-0.15, -0.1) is 0 Å². The first-order chi connectivity index (χ1) is 8.61. The van der Waals surface area contributed by atoms with Crippen LogP contribution in [0.3, 0.4) is 0 Å². The van der Waals surface area contributed by atoms with Crippen LogP contribution in [0.1, 0.15) is 6.92 Å². The highest BCUT2D eigenvalue weighted by Crippen LogP contribution is 2.14. The Morgan fingerprint density at radius 1 is 1.56 bits per heavy atom. The number of amides is 1. The summed E-state index contributed by atoms with van der Waals surface area (Å²) >= 11 is 1.78. The highest BCUT2D eigenvalue weighted by molar-refractivity contribution is 7.98. The van der Waals surface area contributed by atoms with Crippen molar-refractivity contribution in [3.05, 3.63) is 24.3 Å². The van der Waals surface area contributed by atoms with Crippen molar-refractivity contribution in [2.45, 2.75) is 6.92 Å². The summed E-state index contributed by atoms with van der Waals surface area (Å²) in [5.74, 6) is 2.01. The standard InChI is InChI=1S/C13H20N2O2S/c1-10(9-18-2)7-15-13(16)8-17-12-5-3-4-11(14)6-12/h3-6,10H,7-9,14H2,1-2H3,(H,15,16). The molecule has 1 amide bonds. The fourth-order valence-electron chi connectivity index (χ4n) is 1.44. The lowest BCUT2D eigenvalue weighted by Gasteiger charge is -2.11. The Morgan fingerprint density at radius 2 is 2.33 bits per heavy atom. The molecule has 0 saturated heterocycles. The fraction of sp³-hybridized carbons (Fsp3) is 0.462. The SMILES string of the molecule is CSCC(C)CNC(=O)COc1cccc(N)c1. The summed E-state index contributed by atoms with van der Waals surface area (Å²) in [5.41, 5.74) is 6.24. The summed E-state index contributed by atoms with van der Waals surface area (Å²) in [6, 6.07) is 7.05. The van der Waals surface area contributed by atoms with Gasteiger partial charge in [0.25, 0.3) is 5.91 Å². The molecule has 1 atom stereocenters. The number of rotatable bonds is 7. The molecule has 0 spiro atoms. The molecule has 0 aliphatic carbocycles. The van der Waals surface area contributed by atoms with Gasteiger partial charge >= 0.3 is 0 Å². The number of benzene rings is 1. The van der Waals surface area contributed by atoms with E-state index in [4.69, 9.17) is 10.5 Å². The quantitative estimate of drug-likeness (QED) is 0.740. The van der Waals surface area contributed by atoms with Gasteiger partial charge in [-0.3, -0.25) is 4.79 Å². The third-order valence-electron chi connectivity index (χ3n) is 2.33. The maximum atomic E-state index is 11.5. The molecule has 1 aromatic carbocycles. The van der Waals surface area contributed by atoms with Gasteiger partial charge in [-0.25, -0.2) is 0 Å². The normalized spacial score (nSPS) is 11.9. The Hall–Kier alpha value is -1.36. The molecule has 18 heavy (non-hydrogen) atoms. The van der Waals surface area contributed by atoms with Crippen molar-refractivity contribution in [1.29, 1.82) is 0 Å². The van der Waals surface area contributed by atoms with Gasteiger partial charge in [-0.2, -0.15) is 11.8 Å². The lowest BCUT2D eigenvalue weighted by atomic mass is 10.2. The Bertz CT molecular complexity index is 385. The fourth-order valence-corrected chi connectivity index (χ4v) is 2.12. The van der Waals surface area contributed by atoms with Gasteiger partial charge in [-0.1, -0.05) is 13.0 Å². The van der Waals surface area contributed by atoms with Crippen LogP contribution in [-0.4, -0.2) is 31.1 Å². The Kier molecular flexibility index (Phi) is 6.43. The number of thioether (sulfide) groups is 1. The molecule has 100 valence electrons. The summed E-state index contributed by atoms with van der Waals surface area (Å²) in [7, 11) is 0. The molecule has 1 aromatic rings. The third kappa shape index (κ3) is 5.82. The molecule has 1 unspecified atom stereocenters. The maximum absolute atomic E-state index is 11.5. The molecule has 1 rings (SSSR count). The largest absolute Gasteiger partial charge is 0.484 e. The van der Waals surface area contributed by atoms with Crippen LogP contribution in [0, 0.1) is 5.92 Å². The number of hydrogen-bond acceptors (Lipinski definition) is 4. The van der Waals surface area contributed by atoms with Crippen LogP contribution in [0.5, 0.6) is 5.75 Å². The Labute approximate surface area is 112 Å². The molecule has 4 nitrogen and oxygen atoms in total. The zero-order valence-electron chi connectivity index (χ0n) is 10.8. The van der Waals surface area contributed by atoms with Crippen molar-refractivity contribution in [2.75, 3.05) is 30.9 Å². The van der Waals surface area contributed by atoms with E-state index < -0.39 is 0 Å². The van der Waals surface area contributed by atoms with Crippen LogP contribution >= 0.6 is 11.8 Å². The summed E-state index contributed by atoms with van der Waals surface area (Å²) in [6.45, 7) is 2.81. The van der Waals surface area contributed by atoms with E-state index in [9.17, 15) is 4.79 Å². The number of ether oxygens (including phenoxy) is 1. The predicted octanol–water partition coefficient (Wildman–Crippen LogP) is 1.76. The lowest BCUT2D eigenvalue weighted by Crippen LogP contribution is -2.33. The summed E-state index contributed by atoms with van der Waals surface area (Å²) in [6.07, 6.45) is 2.06. The van der Waals surface area contributed by atoms with E-state index in [1.54, 1.807) is 36.0 Å². The molecule has 5 heteroatoms. The Morgan fingerprint density at radius 3 is 3.00 bits per heavy atom. The van der Waals surface area contributed by atoms with E-state index in [0.29, 0.717) is 23.9 Å². The van der Waals surface area contributed by atoms with Crippen molar-refractivity contribution < 1.29 is 9.53 Å². The predicted molar refractivity (Wildman–Crippen MR) is 76.9 cm³/mol. The maximum Gasteiger partial charge on any atom is 0.257 e. The molecule has 0 aliphatic heterocycles. The Balaban J connectivity index is 2.25. The van der Waals surface area contributed by atoms with Gasteiger partial charge in [0.05, 0.1) is 0 Å². The van der Waals surface area contributed by atoms with Crippen LogP contribution in [0.4, 0.5) is 5.69 Å². The number of carbonyl (C=O) groups excluding carboxylic acids is 1. The van der Waals surface area contributed by atoms with E-state index in [1.807, 2.05) is 0 Å². The van der Waals surface area contributed by atoms with Crippen LogP contribution in [-0.2, 0) is 4.79 Å². The minimum absolute atomic E-state index is 0.0233. The van der Waals surface area contributed by atoms with E-state index in [2.05, 4.69) is 18.5 Å². The van der Waals surface area contributed by atoms with E-state index >= 15 is 0 Å². The highest BCUT2D eigenvalue weighted by Gasteiger charge is 2.06. The molecule has 0 fully saturated rings. The second-order valence-corrected chi connectivity index (χ2v) is 5.14. The van der Waals surface area contributed by atoms with E-state index in [-0.39, 0.29) is 12.5 Å². The second-order valence-electron chi connectivity index (χ2n) is 4.23. The van der Waals surface area contributed by atoms with E-state index in [0.717, 1.165) is 5.75 Å². The van der Waals surface area contributed by atoms with Crippen LogP contribution < -0.4 is 15.8 Å². The topological polar surface area (TPSA) is 64.3 Å². The zero-order chi connectivity index (χ0) is 13.4. The molecule has 0 bridgehead atoms. The first kappa shape index (κ1) is 14.7. The van der Waals surface area contributed by atoms with Crippen molar-refractivity contribution in [2.24, 2.45) is 5.92 Å². The number of carbonyl (C=O) groups is 1. The first-order valence-electron chi connectivity index (χ1n) is 5.85. The molecule has 0 aromatic heterocycles. The van der Waals surface area contributed by atoms with Crippen LogP contribution in [0.15, 0.2) is 24.3 Å². The highest BCUT2D eigenvalue weighted by atomic mass is 32.2. The molecule has 0 heterocycles. The van der Waals surface area contributed by atoms with Gasteiger partial charge in [0.1, 0.15) is 5.75 Å².